The second-order valence-corrected chi connectivity index (χ2v) is 8.14. The molecule has 23 heavy (non-hydrogen) atoms. The zero-order valence-corrected chi connectivity index (χ0v) is 15.9. The molecular weight excluding hydrogens is 417 g/mol. The second-order valence-electron chi connectivity index (χ2n) is 4.91. The molecule has 0 aliphatic heterocycles. The van der Waals surface area contributed by atoms with E-state index in [0.29, 0.717) is 20.6 Å². The summed E-state index contributed by atoms with van der Waals surface area (Å²) in [6.07, 6.45) is 3.20. The van der Waals surface area contributed by atoms with Gasteiger partial charge in [0.2, 0.25) is 0 Å². The number of carbonyl (C=O) groups is 1. The van der Waals surface area contributed by atoms with Crippen LogP contribution < -0.4 is 0 Å². The fourth-order valence-corrected chi connectivity index (χ4v) is 3.82. The molecule has 116 valence electrons. The maximum absolute atomic E-state index is 12.1. The van der Waals surface area contributed by atoms with Crippen LogP contribution in [0, 0.1) is 6.92 Å². The molecule has 2 heterocycles. The molecule has 0 aliphatic rings. The third kappa shape index (κ3) is 3.50. The van der Waals surface area contributed by atoms with Crippen molar-refractivity contribution in [1.29, 1.82) is 0 Å². The predicted octanol–water partition coefficient (Wildman–Crippen LogP) is 6.57. The summed E-state index contributed by atoms with van der Waals surface area (Å²) >= 11 is 17.1. The van der Waals surface area contributed by atoms with Crippen molar-refractivity contribution in [3.63, 3.8) is 0 Å². The lowest BCUT2D eigenvalue weighted by atomic mass is 10.1. The van der Waals surface area contributed by atoms with E-state index in [4.69, 9.17) is 23.2 Å². The van der Waals surface area contributed by atoms with Crippen molar-refractivity contribution < 1.29 is 4.79 Å². The van der Waals surface area contributed by atoms with Crippen LogP contribution in [0.1, 0.15) is 20.8 Å². The van der Waals surface area contributed by atoms with Gasteiger partial charge >= 0.3 is 0 Å². The Morgan fingerprint density at radius 2 is 2.04 bits per heavy atom. The van der Waals surface area contributed by atoms with E-state index in [1.165, 1.54) is 17.4 Å². The van der Waals surface area contributed by atoms with Crippen LogP contribution in [-0.4, -0.2) is 10.8 Å². The number of halogens is 3. The molecule has 0 fully saturated rings. The quantitative estimate of drug-likeness (QED) is 0.269. The number of hydrogen-bond acceptors (Lipinski definition) is 3. The maximum atomic E-state index is 12.1. The third-order valence-electron chi connectivity index (χ3n) is 3.39. The van der Waals surface area contributed by atoms with Gasteiger partial charge in [0, 0.05) is 16.0 Å². The molecule has 6 heteroatoms. The van der Waals surface area contributed by atoms with Crippen LogP contribution >= 0.6 is 50.5 Å². The van der Waals surface area contributed by atoms with Crippen molar-refractivity contribution in [2.24, 2.45) is 0 Å². The largest absolute Gasteiger partial charge is 0.288 e. The molecule has 0 aliphatic carbocycles. The lowest BCUT2D eigenvalue weighted by Gasteiger charge is -2.06. The molecule has 2 nitrogen and oxygen atoms in total. The van der Waals surface area contributed by atoms with Crippen LogP contribution in [0.2, 0.25) is 10.2 Å². The first-order valence-corrected chi connectivity index (χ1v) is 9.05. The summed E-state index contributed by atoms with van der Waals surface area (Å²) in [5, 5.41) is 1.93. The predicted molar refractivity (Wildman–Crippen MR) is 102 cm³/mol. The summed E-state index contributed by atoms with van der Waals surface area (Å²) < 4.78 is 0.923. The molecule has 0 radical (unpaired) electrons. The van der Waals surface area contributed by atoms with Gasteiger partial charge in [-0.1, -0.05) is 29.3 Å². The van der Waals surface area contributed by atoms with Crippen molar-refractivity contribution in [2.45, 2.75) is 6.92 Å². The third-order valence-corrected chi connectivity index (χ3v) is 5.74. The zero-order chi connectivity index (χ0) is 16.6. The first kappa shape index (κ1) is 16.7. The van der Waals surface area contributed by atoms with Crippen molar-refractivity contribution in [2.75, 3.05) is 0 Å². The van der Waals surface area contributed by atoms with E-state index in [9.17, 15) is 4.79 Å². The molecule has 0 atom stereocenters. The average molecular weight is 427 g/mol. The van der Waals surface area contributed by atoms with Gasteiger partial charge < -0.3 is 0 Å². The number of thiophene rings is 1. The minimum Gasteiger partial charge on any atom is -0.288 e. The number of rotatable bonds is 3. The number of carbonyl (C=O) groups excluding carboxylic acids is 1. The average Bonchev–Trinajstić information content (AvgIpc) is 2.96. The van der Waals surface area contributed by atoms with Crippen LogP contribution in [0.4, 0.5) is 0 Å². The molecule has 0 amide bonds. The Morgan fingerprint density at radius 3 is 2.74 bits per heavy atom. The number of allylic oxidation sites excluding steroid dienone is 1. The number of aryl methyl sites for hydroxylation is 1. The number of fused-ring (bicyclic) bond motifs is 1. The van der Waals surface area contributed by atoms with Crippen LogP contribution in [0.15, 0.2) is 40.2 Å². The molecule has 2 aromatic heterocycles. The van der Waals surface area contributed by atoms with Crippen molar-refractivity contribution in [1.82, 2.24) is 4.98 Å². The number of benzene rings is 1. The van der Waals surface area contributed by atoms with E-state index < -0.39 is 0 Å². The van der Waals surface area contributed by atoms with E-state index in [2.05, 4.69) is 20.9 Å². The normalized spacial score (nSPS) is 11.5. The highest BCUT2D eigenvalue weighted by Gasteiger charge is 2.09. The van der Waals surface area contributed by atoms with Crippen LogP contribution in [0.5, 0.6) is 0 Å². The number of pyridine rings is 1. The molecular formula is C17H10BrCl2NOS. The Balaban J connectivity index is 1.97. The first-order chi connectivity index (χ1) is 11.0. The lowest BCUT2D eigenvalue weighted by molar-refractivity contribution is 0.105. The molecule has 0 spiro atoms. The number of hydrogen-bond donors (Lipinski definition) is 0. The SMILES string of the molecule is Cc1c(Cl)ccc2cc(/C=C/C(=O)c3ccc(Br)s3)c(Cl)nc12. The number of ketones is 1. The van der Waals surface area contributed by atoms with Gasteiger partial charge in [0.15, 0.2) is 5.78 Å². The highest BCUT2D eigenvalue weighted by atomic mass is 79.9. The Bertz CT molecular complexity index is 949. The Morgan fingerprint density at radius 1 is 1.26 bits per heavy atom. The monoisotopic (exact) mass is 425 g/mol. The van der Waals surface area contributed by atoms with Gasteiger partial charge in [-0.2, -0.15) is 0 Å². The van der Waals surface area contributed by atoms with E-state index in [1.807, 2.05) is 31.2 Å². The first-order valence-electron chi connectivity index (χ1n) is 6.69. The minimum atomic E-state index is -0.0656. The van der Waals surface area contributed by atoms with Crippen LogP contribution in [-0.2, 0) is 0 Å². The van der Waals surface area contributed by atoms with E-state index in [1.54, 1.807) is 12.1 Å². The fraction of sp³-hybridized carbons (Fsp3) is 0.0588. The Hall–Kier alpha value is -1.20. The van der Waals surface area contributed by atoms with Crippen LogP contribution in [0.25, 0.3) is 17.0 Å². The van der Waals surface area contributed by atoms with Gasteiger partial charge in [-0.3, -0.25) is 4.79 Å². The zero-order valence-electron chi connectivity index (χ0n) is 11.9. The second kappa shape index (κ2) is 6.73. The van der Waals surface area contributed by atoms with Gasteiger partial charge in [-0.25, -0.2) is 4.98 Å². The summed E-state index contributed by atoms with van der Waals surface area (Å²) in [5.41, 5.74) is 2.36. The van der Waals surface area contributed by atoms with Crippen LogP contribution in [0.3, 0.4) is 0 Å². The Labute approximate surface area is 155 Å². The summed E-state index contributed by atoms with van der Waals surface area (Å²) in [6, 6.07) is 9.26. The van der Waals surface area contributed by atoms with Gasteiger partial charge in [0.25, 0.3) is 0 Å². The van der Waals surface area contributed by atoms with E-state index in [0.717, 1.165) is 20.3 Å². The molecule has 0 N–H and O–H groups in total. The summed E-state index contributed by atoms with van der Waals surface area (Å²) in [5.74, 6) is -0.0656. The molecule has 1 aromatic carbocycles. The highest BCUT2D eigenvalue weighted by molar-refractivity contribution is 9.11. The highest BCUT2D eigenvalue weighted by Crippen LogP contribution is 2.28. The summed E-state index contributed by atoms with van der Waals surface area (Å²) in [6.45, 7) is 1.90. The van der Waals surface area contributed by atoms with Crippen molar-refractivity contribution in [3.8, 4) is 0 Å². The van der Waals surface area contributed by atoms with Gasteiger partial charge in [-0.15, -0.1) is 11.3 Å². The van der Waals surface area contributed by atoms with Gasteiger partial charge in [0.1, 0.15) is 5.15 Å². The molecule has 0 saturated carbocycles. The van der Waals surface area contributed by atoms with Gasteiger partial charge in [0.05, 0.1) is 14.2 Å². The molecule has 0 bridgehead atoms. The molecule has 3 aromatic rings. The standard InChI is InChI=1S/C17H10BrCl2NOS/c1-9-12(19)4-2-10-8-11(17(20)21-16(9)10)3-5-13(22)14-6-7-15(18)23-14/h2-8H,1H3/b5-3+. The molecule has 0 saturated heterocycles. The van der Waals surface area contributed by atoms with Crippen molar-refractivity contribution >= 4 is 73.2 Å². The smallest absolute Gasteiger partial charge is 0.195 e. The summed E-state index contributed by atoms with van der Waals surface area (Å²) in [4.78, 5) is 17.2. The van der Waals surface area contributed by atoms with Gasteiger partial charge in [-0.05, 0) is 64.8 Å². The minimum absolute atomic E-state index is 0.0656. The number of aromatic nitrogens is 1. The fourth-order valence-electron chi connectivity index (χ4n) is 2.16. The Kier molecular flexibility index (Phi) is 4.87. The molecule has 0 unspecified atom stereocenters. The van der Waals surface area contributed by atoms with E-state index in [-0.39, 0.29) is 5.78 Å². The van der Waals surface area contributed by atoms with Crippen molar-refractivity contribution in [3.05, 3.63) is 66.4 Å². The maximum Gasteiger partial charge on any atom is 0.195 e. The summed E-state index contributed by atoms with van der Waals surface area (Å²) in [7, 11) is 0. The lowest BCUT2D eigenvalue weighted by Crippen LogP contribution is -1.91. The van der Waals surface area contributed by atoms with E-state index >= 15 is 0 Å². The topological polar surface area (TPSA) is 30.0 Å². The number of nitrogens with zero attached hydrogens (tertiary/aromatic N) is 1. The molecule has 3 rings (SSSR count).